The standard InChI is InChI=1S/C23H29ClN4O/c1-3-15(2)18-6-4-5-7-19(18)26-20(29)22-9-16-8-17(10-22)12-23(11-16,13-22)28-14-25-21(24)27-28/h4-7,14-17H,3,8-13H2,1-2H3,(H,26,29)/t15-,16-,17+,22?,23?/m1/s1. The Labute approximate surface area is 177 Å². The lowest BCUT2D eigenvalue weighted by atomic mass is 9.46. The van der Waals surface area contributed by atoms with Gasteiger partial charge in [0.1, 0.15) is 6.33 Å². The molecule has 1 heterocycles. The first-order valence-electron chi connectivity index (χ1n) is 10.9. The fraction of sp³-hybridized carbons (Fsp3) is 0.609. The van der Waals surface area contributed by atoms with E-state index in [4.69, 9.17) is 11.6 Å². The average Bonchev–Trinajstić information content (AvgIpc) is 3.14. The van der Waals surface area contributed by atoms with Crippen molar-refractivity contribution in [2.45, 2.75) is 70.3 Å². The Kier molecular flexibility index (Phi) is 4.50. The molecule has 0 radical (unpaired) electrons. The molecule has 4 bridgehead atoms. The SMILES string of the molecule is CC[C@@H](C)c1ccccc1NC(=O)C12C[C@H]3C[C@@H](C1)CC(n1cnc(Cl)n1)(C3)C2. The van der Waals surface area contributed by atoms with Crippen molar-refractivity contribution in [2.75, 3.05) is 5.32 Å². The van der Waals surface area contributed by atoms with E-state index >= 15 is 0 Å². The van der Waals surface area contributed by atoms with Crippen molar-refractivity contribution in [3.63, 3.8) is 0 Å². The summed E-state index contributed by atoms with van der Waals surface area (Å²) in [5.74, 6) is 1.77. The summed E-state index contributed by atoms with van der Waals surface area (Å²) in [5.41, 5.74) is 1.77. The summed E-state index contributed by atoms with van der Waals surface area (Å²) in [4.78, 5) is 17.9. The maximum Gasteiger partial charge on any atom is 0.242 e. The van der Waals surface area contributed by atoms with Gasteiger partial charge in [-0.15, -0.1) is 5.10 Å². The summed E-state index contributed by atoms with van der Waals surface area (Å²) in [6.45, 7) is 4.41. The molecular weight excluding hydrogens is 384 g/mol. The number of anilines is 1. The number of hydrogen-bond acceptors (Lipinski definition) is 3. The normalized spacial score (nSPS) is 33.6. The summed E-state index contributed by atoms with van der Waals surface area (Å²) < 4.78 is 1.97. The van der Waals surface area contributed by atoms with E-state index in [1.807, 2.05) is 16.8 Å². The van der Waals surface area contributed by atoms with Gasteiger partial charge in [0.15, 0.2) is 0 Å². The molecule has 1 aromatic heterocycles. The van der Waals surface area contributed by atoms with Crippen molar-refractivity contribution < 1.29 is 4.79 Å². The van der Waals surface area contributed by atoms with Gasteiger partial charge in [-0.1, -0.05) is 32.0 Å². The van der Waals surface area contributed by atoms with Gasteiger partial charge in [-0.2, -0.15) is 0 Å². The molecule has 5 atom stereocenters. The molecule has 29 heavy (non-hydrogen) atoms. The predicted octanol–water partition coefficient (Wildman–Crippen LogP) is 5.38. The number of nitrogens with zero attached hydrogens (tertiary/aromatic N) is 3. The fourth-order valence-electron chi connectivity index (χ4n) is 6.73. The third-order valence-corrected chi connectivity index (χ3v) is 7.99. The molecule has 4 aliphatic carbocycles. The topological polar surface area (TPSA) is 59.8 Å². The quantitative estimate of drug-likeness (QED) is 0.717. The Hall–Kier alpha value is -1.88. The molecule has 0 spiro atoms. The van der Waals surface area contributed by atoms with Gasteiger partial charge in [0.2, 0.25) is 11.2 Å². The number of aromatic nitrogens is 3. The van der Waals surface area contributed by atoms with Crippen LogP contribution in [0.4, 0.5) is 5.69 Å². The van der Waals surface area contributed by atoms with Crippen LogP contribution >= 0.6 is 11.6 Å². The molecule has 1 amide bonds. The number of benzene rings is 1. The van der Waals surface area contributed by atoms with Crippen molar-refractivity contribution in [1.29, 1.82) is 0 Å². The molecule has 0 aliphatic heterocycles. The van der Waals surface area contributed by atoms with Crippen LogP contribution in [0.5, 0.6) is 0 Å². The lowest BCUT2D eigenvalue weighted by Crippen LogP contribution is -2.60. The van der Waals surface area contributed by atoms with Crippen LogP contribution in [0.3, 0.4) is 0 Å². The number of amides is 1. The van der Waals surface area contributed by atoms with Crippen LogP contribution in [0.1, 0.15) is 70.3 Å². The molecule has 5 nitrogen and oxygen atoms in total. The van der Waals surface area contributed by atoms with E-state index in [2.05, 4.69) is 41.4 Å². The van der Waals surface area contributed by atoms with Crippen LogP contribution in [-0.4, -0.2) is 20.7 Å². The summed E-state index contributed by atoms with van der Waals surface area (Å²) in [7, 11) is 0. The van der Waals surface area contributed by atoms with Crippen molar-refractivity contribution in [3.8, 4) is 0 Å². The maximum absolute atomic E-state index is 13.7. The van der Waals surface area contributed by atoms with Gasteiger partial charge in [0.25, 0.3) is 0 Å². The zero-order valence-corrected chi connectivity index (χ0v) is 18.0. The van der Waals surface area contributed by atoms with E-state index in [9.17, 15) is 4.79 Å². The van der Waals surface area contributed by atoms with Gasteiger partial charge < -0.3 is 5.32 Å². The van der Waals surface area contributed by atoms with E-state index in [1.165, 1.54) is 12.0 Å². The summed E-state index contributed by atoms with van der Waals surface area (Å²) in [5, 5.41) is 8.10. The van der Waals surface area contributed by atoms with Gasteiger partial charge in [-0.3, -0.25) is 4.79 Å². The number of nitrogens with one attached hydrogen (secondary N) is 1. The predicted molar refractivity (Wildman–Crippen MR) is 114 cm³/mol. The molecule has 6 rings (SSSR count). The van der Waals surface area contributed by atoms with Gasteiger partial charge >= 0.3 is 0 Å². The second-order valence-electron chi connectivity index (χ2n) is 9.77. The highest BCUT2D eigenvalue weighted by Gasteiger charge is 2.61. The molecule has 4 saturated carbocycles. The summed E-state index contributed by atoms with van der Waals surface area (Å²) >= 11 is 6.04. The zero-order valence-electron chi connectivity index (χ0n) is 17.2. The van der Waals surface area contributed by atoms with Gasteiger partial charge in [0.05, 0.1) is 11.0 Å². The van der Waals surface area contributed by atoms with Gasteiger partial charge in [-0.25, -0.2) is 9.67 Å². The van der Waals surface area contributed by atoms with E-state index in [1.54, 1.807) is 6.33 Å². The van der Waals surface area contributed by atoms with E-state index < -0.39 is 0 Å². The number of carbonyl (C=O) groups excluding carboxylic acids is 1. The van der Waals surface area contributed by atoms with Crippen molar-refractivity contribution in [2.24, 2.45) is 17.3 Å². The van der Waals surface area contributed by atoms with E-state index in [-0.39, 0.29) is 16.9 Å². The Morgan fingerprint density at radius 3 is 2.66 bits per heavy atom. The second-order valence-corrected chi connectivity index (χ2v) is 10.1. The summed E-state index contributed by atoms with van der Waals surface area (Å²) in [6, 6.07) is 8.26. The molecular formula is C23H29ClN4O. The number of carbonyl (C=O) groups is 1. The summed E-state index contributed by atoms with van der Waals surface area (Å²) in [6.07, 6.45) is 9.05. The fourth-order valence-corrected chi connectivity index (χ4v) is 6.86. The second kappa shape index (κ2) is 6.83. The Balaban J connectivity index is 1.46. The van der Waals surface area contributed by atoms with Crippen LogP contribution < -0.4 is 5.32 Å². The van der Waals surface area contributed by atoms with Gasteiger partial charge in [0, 0.05) is 5.69 Å². The first-order valence-corrected chi connectivity index (χ1v) is 11.3. The third kappa shape index (κ3) is 3.09. The minimum absolute atomic E-state index is 0.113. The number of halogens is 1. The van der Waals surface area contributed by atoms with E-state index in [0.29, 0.717) is 23.0 Å². The highest BCUT2D eigenvalue weighted by molar-refractivity contribution is 6.28. The third-order valence-electron chi connectivity index (χ3n) is 7.81. The molecule has 4 fully saturated rings. The van der Waals surface area contributed by atoms with Crippen molar-refractivity contribution in [3.05, 3.63) is 41.4 Å². The molecule has 1 N–H and O–H groups in total. The van der Waals surface area contributed by atoms with E-state index in [0.717, 1.165) is 44.2 Å². The lowest BCUT2D eigenvalue weighted by molar-refractivity contribution is -0.150. The highest BCUT2D eigenvalue weighted by Crippen LogP contribution is 2.64. The minimum atomic E-state index is -0.314. The number of hydrogen-bond donors (Lipinski definition) is 1. The Morgan fingerprint density at radius 2 is 2.00 bits per heavy atom. The average molecular weight is 413 g/mol. The molecule has 1 aromatic carbocycles. The Morgan fingerprint density at radius 1 is 1.28 bits per heavy atom. The molecule has 154 valence electrons. The number of para-hydroxylation sites is 1. The monoisotopic (exact) mass is 412 g/mol. The van der Waals surface area contributed by atoms with Crippen LogP contribution in [0, 0.1) is 17.3 Å². The van der Waals surface area contributed by atoms with Crippen molar-refractivity contribution in [1.82, 2.24) is 14.8 Å². The van der Waals surface area contributed by atoms with Crippen molar-refractivity contribution >= 4 is 23.2 Å². The largest absolute Gasteiger partial charge is 0.325 e. The molecule has 6 heteroatoms. The van der Waals surface area contributed by atoms with Crippen LogP contribution in [-0.2, 0) is 10.3 Å². The number of rotatable bonds is 5. The van der Waals surface area contributed by atoms with Gasteiger partial charge in [-0.05, 0) is 85.9 Å². The first kappa shape index (κ1) is 19.1. The highest BCUT2D eigenvalue weighted by atomic mass is 35.5. The van der Waals surface area contributed by atoms with Crippen LogP contribution in [0.2, 0.25) is 5.28 Å². The minimum Gasteiger partial charge on any atom is -0.325 e. The molecule has 4 aliphatic rings. The molecule has 2 unspecified atom stereocenters. The molecule has 2 aromatic rings. The van der Waals surface area contributed by atoms with Crippen LogP contribution in [0.25, 0.3) is 0 Å². The maximum atomic E-state index is 13.7. The first-order chi connectivity index (χ1) is 13.9. The Bertz CT molecular complexity index is 924. The smallest absolute Gasteiger partial charge is 0.242 e. The molecule has 0 saturated heterocycles. The lowest BCUT2D eigenvalue weighted by Gasteiger charge is -2.60. The van der Waals surface area contributed by atoms with Crippen LogP contribution in [0.15, 0.2) is 30.6 Å². The zero-order chi connectivity index (χ0) is 20.2.